The van der Waals surface area contributed by atoms with Gasteiger partial charge in [0.15, 0.2) is 0 Å². The van der Waals surface area contributed by atoms with Gasteiger partial charge < -0.3 is 9.84 Å². The van der Waals surface area contributed by atoms with Gasteiger partial charge >= 0.3 is 0 Å². The van der Waals surface area contributed by atoms with E-state index < -0.39 is 0 Å². The second-order valence-electron chi connectivity index (χ2n) is 4.19. The molecular formula is C12H16O2. The van der Waals surface area contributed by atoms with Gasteiger partial charge in [-0.05, 0) is 12.0 Å². The molecule has 0 radical (unpaired) electrons. The second-order valence-corrected chi connectivity index (χ2v) is 4.19. The molecule has 1 aromatic carbocycles. The maximum atomic E-state index is 9.99. The van der Waals surface area contributed by atoms with E-state index >= 15 is 0 Å². The molecule has 1 N–H and O–H groups in total. The molecule has 0 amide bonds. The van der Waals surface area contributed by atoms with Crippen molar-refractivity contribution in [2.45, 2.75) is 25.9 Å². The molecule has 76 valence electrons. The van der Waals surface area contributed by atoms with Crippen molar-refractivity contribution in [2.75, 3.05) is 6.61 Å². The van der Waals surface area contributed by atoms with Gasteiger partial charge in [-0.2, -0.15) is 0 Å². The first-order chi connectivity index (χ1) is 6.70. The maximum absolute atomic E-state index is 9.99. The summed E-state index contributed by atoms with van der Waals surface area (Å²) in [5.41, 5.74) is 1.15. The predicted octanol–water partition coefficient (Wildman–Crippen LogP) is 2.18. The van der Waals surface area contributed by atoms with Crippen LogP contribution in [0.2, 0.25) is 0 Å². The number of aliphatic hydroxyl groups is 1. The molecule has 2 atom stereocenters. The summed E-state index contributed by atoms with van der Waals surface area (Å²) in [6, 6.07) is 7.96. The Labute approximate surface area is 84.5 Å². The highest BCUT2D eigenvalue weighted by Gasteiger charge is 2.31. The minimum absolute atomic E-state index is 0.145. The van der Waals surface area contributed by atoms with Gasteiger partial charge in [0.05, 0.1) is 12.7 Å². The van der Waals surface area contributed by atoms with Crippen molar-refractivity contribution < 1.29 is 9.84 Å². The fourth-order valence-corrected chi connectivity index (χ4v) is 1.93. The van der Waals surface area contributed by atoms with Gasteiger partial charge in [-0.15, -0.1) is 0 Å². The van der Waals surface area contributed by atoms with Crippen LogP contribution in [-0.2, 0) is 0 Å². The Balaban J connectivity index is 2.26. The van der Waals surface area contributed by atoms with Gasteiger partial charge in [-0.3, -0.25) is 0 Å². The normalized spacial score (nSPS) is 21.9. The number of para-hydroxylation sites is 1. The molecule has 2 heteroatoms. The Morgan fingerprint density at radius 2 is 2.07 bits per heavy atom. The lowest BCUT2D eigenvalue weighted by Crippen LogP contribution is -2.25. The van der Waals surface area contributed by atoms with E-state index in [1.54, 1.807) is 0 Å². The van der Waals surface area contributed by atoms with Gasteiger partial charge in [0, 0.05) is 11.5 Å². The van der Waals surface area contributed by atoms with E-state index in [2.05, 4.69) is 0 Å². The first kappa shape index (κ1) is 9.53. The Bertz CT molecular complexity index is 320. The highest BCUT2D eigenvalue weighted by Crippen LogP contribution is 2.37. The zero-order valence-electron chi connectivity index (χ0n) is 8.60. The SMILES string of the molecule is CC(C)C(O)C1COc2ccccc21. The molecule has 2 nitrogen and oxygen atoms in total. The van der Waals surface area contributed by atoms with Gasteiger partial charge in [-0.25, -0.2) is 0 Å². The van der Waals surface area contributed by atoms with Gasteiger partial charge in [0.2, 0.25) is 0 Å². The molecule has 1 heterocycles. The number of benzene rings is 1. The van der Waals surface area contributed by atoms with Crippen LogP contribution in [0.25, 0.3) is 0 Å². The number of rotatable bonds is 2. The fourth-order valence-electron chi connectivity index (χ4n) is 1.93. The van der Waals surface area contributed by atoms with Gasteiger partial charge in [-0.1, -0.05) is 32.0 Å². The lowest BCUT2D eigenvalue weighted by atomic mass is 9.89. The zero-order chi connectivity index (χ0) is 10.1. The van der Waals surface area contributed by atoms with E-state index in [1.165, 1.54) is 0 Å². The standard InChI is InChI=1S/C12H16O2/c1-8(2)12(13)10-7-14-11-6-4-3-5-9(10)11/h3-6,8,10,12-13H,7H2,1-2H3. The molecule has 0 aliphatic carbocycles. The molecule has 1 aliphatic rings. The van der Waals surface area contributed by atoms with Crippen LogP contribution in [0.4, 0.5) is 0 Å². The molecule has 0 fully saturated rings. The predicted molar refractivity (Wildman–Crippen MR) is 55.5 cm³/mol. The van der Waals surface area contributed by atoms with E-state index in [1.807, 2.05) is 38.1 Å². The van der Waals surface area contributed by atoms with Crippen molar-refractivity contribution in [1.82, 2.24) is 0 Å². The Morgan fingerprint density at radius 1 is 1.36 bits per heavy atom. The van der Waals surface area contributed by atoms with Crippen LogP contribution in [0.15, 0.2) is 24.3 Å². The molecule has 1 aromatic rings. The summed E-state index contributed by atoms with van der Waals surface area (Å²) in [4.78, 5) is 0. The zero-order valence-corrected chi connectivity index (χ0v) is 8.60. The molecule has 14 heavy (non-hydrogen) atoms. The summed E-state index contributed by atoms with van der Waals surface area (Å²) in [6.45, 7) is 4.68. The van der Waals surface area contributed by atoms with Gasteiger partial charge in [0.1, 0.15) is 5.75 Å². The highest BCUT2D eigenvalue weighted by atomic mass is 16.5. The van der Waals surface area contributed by atoms with Crippen molar-refractivity contribution in [3.05, 3.63) is 29.8 Å². The minimum atomic E-state index is -0.307. The average Bonchev–Trinajstić information content (AvgIpc) is 2.60. The van der Waals surface area contributed by atoms with Crippen LogP contribution in [0, 0.1) is 5.92 Å². The third-order valence-electron chi connectivity index (χ3n) is 2.83. The topological polar surface area (TPSA) is 29.5 Å². The number of fused-ring (bicyclic) bond motifs is 1. The van der Waals surface area contributed by atoms with Crippen molar-refractivity contribution in [3.63, 3.8) is 0 Å². The monoisotopic (exact) mass is 192 g/mol. The van der Waals surface area contributed by atoms with Crippen LogP contribution >= 0.6 is 0 Å². The lowest BCUT2D eigenvalue weighted by Gasteiger charge is -2.20. The largest absolute Gasteiger partial charge is 0.493 e. The Hall–Kier alpha value is -1.02. The van der Waals surface area contributed by atoms with E-state index in [-0.39, 0.29) is 17.9 Å². The average molecular weight is 192 g/mol. The van der Waals surface area contributed by atoms with Crippen LogP contribution in [-0.4, -0.2) is 17.8 Å². The van der Waals surface area contributed by atoms with E-state index in [0.717, 1.165) is 11.3 Å². The quantitative estimate of drug-likeness (QED) is 0.778. The van der Waals surface area contributed by atoms with Crippen molar-refractivity contribution >= 4 is 0 Å². The summed E-state index contributed by atoms with van der Waals surface area (Å²) in [5, 5.41) is 9.99. The van der Waals surface area contributed by atoms with E-state index in [9.17, 15) is 5.11 Å². The molecule has 0 saturated carbocycles. The van der Waals surface area contributed by atoms with Crippen LogP contribution in [0.3, 0.4) is 0 Å². The smallest absolute Gasteiger partial charge is 0.123 e. The van der Waals surface area contributed by atoms with E-state index in [4.69, 9.17) is 4.74 Å². The van der Waals surface area contributed by atoms with Crippen molar-refractivity contribution in [2.24, 2.45) is 5.92 Å². The third kappa shape index (κ3) is 1.50. The van der Waals surface area contributed by atoms with Gasteiger partial charge in [0.25, 0.3) is 0 Å². The van der Waals surface area contributed by atoms with Crippen LogP contribution in [0.1, 0.15) is 25.3 Å². The second kappa shape index (κ2) is 3.62. The summed E-state index contributed by atoms with van der Waals surface area (Å²) < 4.78 is 5.52. The summed E-state index contributed by atoms with van der Waals surface area (Å²) in [5.74, 6) is 1.35. The number of hydrogen-bond acceptors (Lipinski definition) is 2. The molecule has 0 aromatic heterocycles. The van der Waals surface area contributed by atoms with Crippen molar-refractivity contribution in [1.29, 1.82) is 0 Å². The third-order valence-corrected chi connectivity index (χ3v) is 2.83. The molecule has 1 aliphatic heterocycles. The molecule has 0 spiro atoms. The van der Waals surface area contributed by atoms with Crippen LogP contribution < -0.4 is 4.74 Å². The lowest BCUT2D eigenvalue weighted by molar-refractivity contribution is 0.0864. The minimum Gasteiger partial charge on any atom is -0.493 e. The molecule has 2 rings (SSSR count). The first-order valence-electron chi connectivity index (χ1n) is 5.10. The summed E-state index contributed by atoms with van der Waals surface area (Å²) in [7, 11) is 0. The first-order valence-corrected chi connectivity index (χ1v) is 5.10. The molecule has 0 bridgehead atoms. The van der Waals surface area contributed by atoms with E-state index in [0.29, 0.717) is 6.61 Å². The highest BCUT2D eigenvalue weighted by molar-refractivity contribution is 5.40. The maximum Gasteiger partial charge on any atom is 0.123 e. The van der Waals surface area contributed by atoms with Crippen molar-refractivity contribution in [3.8, 4) is 5.75 Å². The Morgan fingerprint density at radius 3 is 2.79 bits per heavy atom. The number of ether oxygens (including phenoxy) is 1. The molecule has 0 saturated heterocycles. The number of hydrogen-bond donors (Lipinski definition) is 1. The van der Waals surface area contributed by atoms with Crippen LogP contribution in [0.5, 0.6) is 5.75 Å². The molecular weight excluding hydrogens is 176 g/mol. The molecule has 2 unspecified atom stereocenters. The number of aliphatic hydroxyl groups excluding tert-OH is 1. The summed E-state index contributed by atoms with van der Waals surface area (Å²) in [6.07, 6.45) is -0.307. The Kier molecular flexibility index (Phi) is 2.46. The fraction of sp³-hybridized carbons (Fsp3) is 0.500. The summed E-state index contributed by atoms with van der Waals surface area (Å²) >= 11 is 0.